The molecule has 0 saturated carbocycles. The molecule has 1 amide bonds. The minimum Gasteiger partial charge on any atom is -0.385 e. The molecule has 1 aromatic carbocycles. The van der Waals surface area contributed by atoms with Gasteiger partial charge in [-0.25, -0.2) is 0 Å². The summed E-state index contributed by atoms with van der Waals surface area (Å²) in [5, 5.41) is 3.35. The zero-order valence-electron chi connectivity index (χ0n) is 13.9. The maximum Gasteiger partial charge on any atom is 0.254 e. The van der Waals surface area contributed by atoms with E-state index in [9.17, 15) is 4.79 Å². The van der Waals surface area contributed by atoms with Crippen LogP contribution in [0.1, 0.15) is 42.6 Å². The summed E-state index contributed by atoms with van der Waals surface area (Å²) in [5.74, 6) is 1.20. The lowest BCUT2D eigenvalue weighted by molar-refractivity contribution is 0.0740. The van der Waals surface area contributed by atoms with Crippen molar-refractivity contribution in [2.45, 2.75) is 39.7 Å². The second-order valence-corrected chi connectivity index (χ2v) is 6.49. The first-order chi connectivity index (χ1) is 10.0. The molecular weight excluding hydrogens is 280 g/mol. The zero-order valence-corrected chi connectivity index (χ0v) is 14.7. The highest BCUT2D eigenvalue weighted by molar-refractivity contribution is 7.98. The lowest BCUT2D eigenvalue weighted by atomic mass is 10.1. The Hall–Kier alpha value is -1.16. The molecule has 0 aliphatic carbocycles. The smallest absolute Gasteiger partial charge is 0.254 e. The van der Waals surface area contributed by atoms with Crippen molar-refractivity contribution in [3.8, 4) is 0 Å². The van der Waals surface area contributed by atoms with Gasteiger partial charge in [-0.3, -0.25) is 4.79 Å². The van der Waals surface area contributed by atoms with Gasteiger partial charge in [0, 0.05) is 30.9 Å². The Morgan fingerprint density at radius 2 is 2.14 bits per heavy atom. The van der Waals surface area contributed by atoms with Crippen LogP contribution in [0.2, 0.25) is 0 Å². The van der Waals surface area contributed by atoms with E-state index in [4.69, 9.17) is 0 Å². The van der Waals surface area contributed by atoms with Gasteiger partial charge in [0.2, 0.25) is 0 Å². The van der Waals surface area contributed by atoms with Crippen LogP contribution in [0.15, 0.2) is 18.2 Å². The number of nitrogens with zero attached hydrogens (tertiary/aromatic N) is 1. The van der Waals surface area contributed by atoms with E-state index in [2.05, 4.69) is 31.5 Å². The number of amides is 1. The molecule has 0 aliphatic rings. The SMILES string of the molecule is CCCNc1ccc(C(=O)N(C)C(C)CCSC)c(C)c1. The van der Waals surface area contributed by atoms with Crippen molar-refractivity contribution in [1.82, 2.24) is 4.90 Å². The van der Waals surface area contributed by atoms with Crippen LogP contribution >= 0.6 is 11.8 Å². The third kappa shape index (κ3) is 5.27. The molecule has 1 aromatic rings. The van der Waals surface area contributed by atoms with Crippen molar-refractivity contribution < 1.29 is 4.79 Å². The van der Waals surface area contributed by atoms with Crippen molar-refractivity contribution in [2.24, 2.45) is 0 Å². The maximum atomic E-state index is 12.6. The van der Waals surface area contributed by atoms with Gasteiger partial charge in [0.05, 0.1) is 0 Å². The van der Waals surface area contributed by atoms with E-state index in [1.165, 1.54) is 0 Å². The predicted molar refractivity (Wildman–Crippen MR) is 94.5 cm³/mol. The molecule has 0 spiro atoms. The molecule has 0 heterocycles. The summed E-state index contributed by atoms with van der Waals surface area (Å²) >= 11 is 1.82. The molecule has 1 unspecified atom stereocenters. The minimum atomic E-state index is 0.114. The fourth-order valence-electron chi connectivity index (χ4n) is 2.16. The van der Waals surface area contributed by atoms with Crippen molar-refractivity contribution in [3.05, 3.63) is 29.3 Å². The van der Waals surface area contributed by atoms with E-state index in [0.29, 0.717) is 0 Å². The largest absolute Gasteiger partial charge is 0.385 e. The molecule has 118 valence electrons. The molecule has 0 aromatic heterocycles. The Morgan fingerprint density at radius 1 is 1.43 bits per heavy atom. The van der Waals surface area contributed by atoms with Crippen molar-refractivity contribution in [3.63, 3.8) is 0 Å². The Bertz CT molecular complexity index is 462. The fourth-order valence-corrected chi connectivity index (χ4v) is 2.73. The lowest BCUT2D eigenvalue weighted by Gasteiger charge is -2.25. The average molecular weight is 308 g/mol. The van der Waals surface area contributed by atoms with Gasteiger partial charge in [0.1, 0.15) is 0 Å². The average Bonchev–Trinajstić information content (AvgIpc) is 2.49. The van der Waals surface area contributed by atoms with Crippen LogP contribution in [0, 0.1) is 6.92 Å². The highest BCUT2D eigenvalue weighted by atomic mass is 32.2. The van der Waals surface area contributed by atoms with E-state index < -0.39 is 0 Å². The molecule has 1 rings (SSSR count). The highest BCUT2D eigenvalue weighted by Gasteiger charge is 2.18. The van der Waals surface area contributed by atoms with Gasteiger partial charge >= 0.3 is 0 Å². The monoisotopic (exact) mass is 308 g/mol. The Morgan fingerprint density at radius 3 is 2.71 bits per heavy atom. The number of rotatable bonds is 8. The molecule has 0 fully saturated rings. The number of hydrogen-bond acceptors (Lipinski definition) is 3. The summed E-state index contributed by atoms with van der Waals surface area (Å²) in [7, 11) is 1.90. The second-order valence-electron chi connectivity index (χ2n) is 5.50. The van der Waals surface area contributed by atoms with Crippen LogP contribution in [0.4, 0.5) is 5.69 Å². The molecule has 0 bridgehead atoms. The zero-order chi connectivity index (χ0) is 15.8. The van der Waals surface area contributed by atoms with Gasteiger partial charge in [-0.1, -0.05) is 6.92 Å². The number of thioether (sulfide) groups is 1. The van der Waals surface area contributed by atoms with Gasteiger partial charge in [-0.2, -0.15) is 11.8 Å². The third-order valence-corrected chi connectivity index (χ3v) is 4.40. The number of anilines is 1. The van der Waals surface area contributed by atoms with Crippen LogP contribution in [0.3, 0.4) is 0 Å². The summed E-state index contributed by atoms with van der Waals surface area (Å²) < 4.78 is 0. The maximum absolute atomic E-state index is 12.6. The Kier molecular flexibility index (Phi) is 7.65. The highest BCUT2D eigenvalue weighted by Crippen LogP contribution is 2.18. The predicted octanol–water partition coefficient (Wildman–Crippen LogP) is 4.03. The number of benzene rings is 1. The molecule has 21 heavy (non-hydrogen) atoms. The molecule has 0 aliphatic heterocycles. The van der Waals surface area contributed by atoms with Crippen LogP contribution in [-0.2, 0) is 0 Å². The number of nitrogens with one attached hydrogen (secondary N) is 1. The van der Waals surface area contributed by atoms with Gasteiger partial charge in [0.25, 0.3) is 5.91 Å². The summed E-state index contributed by atoms with van der Waals surface area (Å²) in [6.07, 6.45) is 4.22. The summed E-state index contributed by atoms with van der Waals surface area (Å²) in [5.41, 5.74) is 2.92. The normalized spacial score (nSPS) is 12.0. The first-order valence-electron chi connectivity index (χ1n) is 7.61. The number of carbonyl (C=O) groups excluding carboxylic acids is 1. The molecular formula is C17H28N2OS. The van der Waals surface area contributed by atoms with Crippen molar-refractivity contribution in [1.29, 1.82) is 0 Å². The standard InChI is InChI=1S/C17H28N2OS/c1-6-10-18-15-7-8-16(13(2)12-15)17(20)19(4)14(3)9-11-21-5/h7-8,12,14,18H,6,9-11H2,1-5H3. The van der Waals surface area contributed by atoms with Gasteiger partial charge in [-0.15, -0.1) is 0 Å². The molecule has 3 nitrogen and oxygen atoms in total. The topological polar surface area (TPSA) is 32.3 Å². The van der Waals surface area contributed by atoms with Gasteiger partial charge in [-0.05, 0) is 62.5 Å². The molecule has 0 radical (unpaired) electrons. The van der Waals surface area contributed by atoms with Crippen LogP contribution in [0.25, 0.3) is 0 Å². The lowest BCUT2D eigenvalue weighted by Crippen LogP contribution is -2.35. The Labute approximate surface area is 133 Å². The first-order valence-corrected chi connectivity index (χ1v) is 9.01. The van der Waals surface area contributed by atoms with Gasteiger partial charge < -0.3 is 10.2 Å². The van der Waals surface area contributed by atoms with Crippen LogP contribution in [-0.4, -0.2) is 42.4 Å². The van der Waals surface area contributed by atoms with Crippen LogP contribution < -0.4 is 5.32 Å². The van der Waals surface area contributed by atoms with Crippen molar-refractivity contribution >= 4 is 23.4 Å². The third-order valence-electron chi connectivity index (χ3n) is 3.76. The van der Waals surface area contributed by atoms with Crippen LogP contribution in [0.5, 0.6) is 0 Å². The number of carbonyl (C=O) groups is 1. The molecule has 1 atom stereocenters. The van der Waals surface area contributed by atoms with E-state index in [1.54, 1.807) is 0 Å². The number of aryl methyl sites for hydroxylation is 1. The second kappa shape index (κ2) is 8.98. The fraction of sp³-hybridized carbons (Fsp3) is 0.588. The summed E-state index contributed by atoms with van der Waals surface area (Å²) in [4.78, 5) is 14.5. The minimum absolute atomic E-state index is 0.114. The first kappa shape index (κ1) is 17.9. The van der Waals surface area contributed by atoms with Crippen molar-refractivity contribution in [2.75, 3.05) is 30.9 Å². The van der Waals surface area contributed by atoms with Gasteiger partial charge in [0.15, 0.2) is 0 Å². The van der Waals surface area contributed by atoms with E-state index >= 15 is 0 Å². The molecule has 4 heteroatoms. The number of hydrogen-bond donors (Lipinski definition) is 1. The summed E-state index contributed by atoms with van der Waals surface area (Å²) in [6.45, 7) is 7.21. The molecule has 1 N–H and O–H groups in total. The molecule has 0 saturated heterocycles. The quantitative estimate of drug-likeness (QED) is 0.787. The Balaban J connectivity index is 2.77. The van der Waals surface area contributed by atoms with E-state index in [-0.39, 0.29) is 11.9 Å². The van der Waals surface area contributed by atoms with E-state index in [0.717, 1.165) is 42.0 Å². The summed E-state index contributed by atoms with van der Waals surface area (Å²) in [6, 6.07) is 6.26. The van der Waals surface area contributed by atoms with E-state index in [1.807, 2.05) is 42.8 Å².